The molecule has 0 aliphatic carbocycles. The summed E-state index contributed by atoms with van der Waals surface area (Å²) in [6.45, 7) is 3.01. The number of nitriles is 1. The second-order valence-corrected chi connectivity index (χ2v) is 11.5. The second-order valence-electron chi connectivity index (χ2n) is 8.67. The summed E-state index contributed by atoms with van der Waals surface area (Å²) in [5, 5.41) is 25.8. The highest BCUT2D eigenvalue weighted by molar-refractivity contribution is 7.86. The quantitative estimate of drug-likeness (QED) is 0.280. The molecular weight excluding hydrogens is 576 g/mol. The zero-order valence-electron chi connectivity index (χ0n) is 21.2. The Morgan fingerprint density at radius 3 is 1.88 bits per heavy atom. The van der Waals surface area contributed by atoms with E-state index in [1.807, 2.05) is 0 Å². The van der Waals surface area contributed by atoms with Crippen molar-refractivity contribution in [3.05, 3.63) is 93.3 Å². The Morgan fingerprint density at radius 1 is 0.878 bits per heavy atom. The molecule has 15 heteroatoms. The number of hydrogen-bond acceptors (Lipinski definition) is 9. The number of nitrogens with zero attached hydrogens (tertiary/aromatic N) is 4. The van der Waals surface area contributed by atoms with Gasteiger partial charge in [0.05, 0.1) is 32.5 Å². The van der Waals surface area contributed by atoms with Gasteiger partial charge in [0.1, 0.15) is 11.6 Å². The van der Waals surface area contributed by atoms with Crippen LogP contribution in [0.3, 0.4) is 0 Å². The number of hydrazone groups is 1. The van der Waals surface area contributed by atoms with E-state index in [9.17, 15) is 41.3 Å². The number of pyridine rings is 1. The topological polar surface area (TPSA) is 207 Å². The largest absolute Gasteiger partial charge is 0.494 e. The van der Waals surface area contributed by atoms with Gasteiger partial charge in [-0.25, -0.2) is 4.57 Å². The van der Waals surface area contributed by atoms with Gasteiger partial charge < -0.3 is 5.11 Å². The summed E-state index contributed by atoms with van der Waals surface area (Å²) in [5.74, 6) is -1.11. The van der Waals surface area contributed by atoms with Gasteiger partial charge in [0.15, 0.2) is 0 Å². The summed E-state index contributed by atoms with van der Waals surface area (Å²) in [6, 6.07) is 11.0. The van der Waals surface area contributed by atoms with E-state index in [0.717, 1.165) is 33.8 Å². The van der Waals surface area contributed by atoms with Crippen LogP contribution in [0.4, 0.5) is 5.69 Å². The molecule has 0 radical (unpaired) electrons. The van der Waals surface area contributed by atoms with E-state index >= 15 is 0 Å². The van der Waals surface area contributed by atoms with Crippen LogP contribution in [0.15, 0.2) is 85.9 Å². The summed E-state index contributed by atoms with van der Waals surface area (Å²) >= 11 is 0. The van der Waals surface area contributed by atoms with Crippen molar-refractivity contribution in [2.75, 3.05) is 5.01 Å². The maximum absolute atomic E-state index is 13.0. The van der Waals surface area contributed by atoms with E-state index in [2.05, 4.69) is 5.10 Å². The molecule has 1 aliphatic rings. The SMILES string of the molecule is CC1=NN(c2ccc(S(=O)(=O)O)cc2)C(=O)C1=CC=Cc1c(C)c(C#N)c(=O)n(-c2ccc(S(=O)(=O)O)cc2)c1O. The van der Waals surface area contributed by atoms with Crippen LogP contribution in [0.5, 0.6) is 5.88 Å². The molecule has 0 atom stereocenters. The number of anilines is 1. The molecule has 0 saturated heterocycles. The molecule has 0 bridgehead atoms. The fourth-order valence-corrected chi connectivity index (χ4v) is 4.97. The number of rotatable bonds is 6. The molecule has 1 amide bonds. The number of benzene rings is 2. The van der Waals surface area contributed by atoms with Crippen LogP contribution in [0.25, 0.3) is 11.8 Å². The summed E-state index contributed by atoms with van der Waals surface area (Å²) in [6.07, 6.45) is 4.16. The molecule has 41 heavy (non-hydrogen) atoms. The monoisotopic (exact) mass is 596 g/mol. The highest BCUT2D eigenvalue weighted by Crippen LogP contribution is 2.28. The summed E-state index contributed by atoms with van der Waals surface area (Å²) in [4.78, 5) is 25.2. The van der Waals surface area contributed by atoms with Gasteiger partial charge >= 0.3 is 0 Å². The summed E-state index contributed by atoms with van der Waals surface area (Å²) < 4.78 is 64.4. The van der Waals surface area contributed by atoms with Crippen molar-refractivity contribution in [1.82, 2.24) is 4.57 Å². The maximum Gasteiger partial charge on any atom is 0.294 e. The first-order valence-corrected chi connectivity index (χ1v) is 14.4. The first-order valence-electron chi connectivity index (χ1n) is 11.5. The van der Waals surface area contributed by atoms with Crippen molar-refractivity contribution in [2.24, 2.45) is 5.10 Å². The van der Waals surface area contributed by atoms with Crippen molar-refractivity contribution < 1.29 is 35.8 Å². The number of carbonyl (C=O) groups excluding carboxylic acids is 1. The molecule has 210 valence electrons. The number of amides is 1. The molecule has 4 rings (SSSR count). The average molecular weight is 597 g/mol. The van der Waals surface area contributed by atoms with Gasteiger partial charge in [-0.05, 0) is 80.1 Å². The molecule has 3 N–H and O–H groups in total. The lowest BCUT2D eigenvalue weighted by molar-refractivity contribution is -0.114. The predicted octanol–water partition coefficient (Wildman–Crippen LogP) is 2.58. The van der Waals surface area contributed by atoms with Crippen LogP contribution < -0.4 is 10.6 Å². The first kappa shape index (κ1) is 29.1. The third-order valence-electron chi connectivity index (χ3n) is 6.12. The van der Waals surface area contributed by atoms with Crippen LogP contribution >= 0.6 is 0 Å². The number of aromatic hydroxyl groups is 1. The Labute approximate surface area is 233 Å². The van der Waals surface area contributed by atoms with Gasteiger partial charge in [-0.1, -0.05) is 6.08 Å². The lowest BCUT2D eigenvalue weighted by Crippen LogP contribution is -2.23. The fourth-order valence-electron chi connectivity index (χ4n) is 4.01. The predicted molar refractivity (Wildman–Crippen MR) is 147 cm³/mol. The Kier molecular flexibility index (Phi) is 7.52. The standard InChI is InChI=1S/C26H20N4O9S2/c1-15-21(24(31)29(25(32)23(15)14-27)17-6-10-19(11-7-17)40(34,35)36)4-3-5-22-16(2)28-30(26(22)33)18-8-12-20(13-9-18)41(37,38)39/h3-13,31H,1-2H3,(H,34,35,36)(H,37,38,39). The third-order valence-corrected chi connectivity index (χ3v) is 7.86. The Balaban J connectivity index is 1.71. The van der Waals surface area contributed by atoms with Gasteiger partial charge in [0.2, 0.25) is 5.88 Å². The molecule has 0 unspecified atom stereocenters. The third kappa shape index (κ3) is 5.58. The number of allylic oxidation sites excluding steroid dienone is 2. The molecule has 2 aromatic carbocycles. The summed E-state index contributed by atoms with van der Waals surface area (Å²) in [5.41, 5.74) is -0.186. The van der Waals surface area contributed by atoms with E-state index in [1.54, 1.807) is 13.0 Å². The summed E-state index contributed by atoms with van der Waals surface area (Å²) in [7, 11) is -8.92. The molecule has 1 aromatic heterocycles. The van der Waals surface area contributed by atoms with E-state index in [4.69, 9.17) is 4.55 Å². The first-order chi connectivity index (χ1) is 19.1. The van der Waals surface area contributed by atoms with Crippen LogP contribution in [0.2, 0.25) is 0 Å². The molecule has 3 aromatic rings. The number of hydrogen-bond donors (Lipinski definition) is 3. The van der Waals surface area contributed by atoms with Crippen LogP contribution in [-0.4, -0.2) is 47.2 Å². The number of aromatic nitrogens is 1. The Morgan fingerprint density at radius 2 is 1.39 bits per heavy atom. The van der Waals surface area contributed by atoms with Gasteiger partial charge in [0, 0.05) is 5.56 Å². The smallest absolute Gasteiger partial charge is 0.294 e. The molecular formula is C26H20N4O9S2. The molecule has 0 fully saturated rings. The van der Waals surface area contributed by atoms with Crippen LogP contribution in [-0.2, 0) is 25.0 Å². The zero-order valence-corrected chi connectivity index (χ0v) is 22.9. The zero-order chi connectivity index (χ0) is 30.3. The van der Waals surface area contributed by atoms with E-state index < -0.39 is 42.5 Å². The second kappa shape index (κ2) is 10.6. The highest BCUT2D eigenvalue weighted by Gasteiger charge is 2.28. The molecule has 1 aliphatic heterocycles. The minimum absolute atomic E-state index is 0.0222. The van der Waals surface area contributed by atoms with Crippen molar-refractivity contribution >= 4 is 43.6 Å². The number of carbonyl (C=O) groups is 1. The van der Waals surface area contributed by atoms with E-state index in [1.165, 1.54) is 49.4 Å². The Bertz CT molecular complexity index is 2000. The van der Waals surface area contributed by atoms with Crippen LogP contribution in [0.1, 0.15) is 23.6 Å². The fraction of sp³-hybridized carbons (Fsp3) is 0.0769. The van der Waals surface area contributed by atoms with Crippen molar-refractivity contribution in [3.63, 3.8) is 0 Å². The van der Waals surface area contributed by atoms with Gasteiger partial charge in [-0.15, -0.1) is 0 Å². The average Bonchev–Trinajstić information content (AvgIpc) is 3.18. The van der Waals surface area contributed by atoms with Crippen molar-refractivity contribution in [1.29, 1.82) is 5.26 Å². The molecule has 2 heterocycles. The highest BCUT2D eigenvalue weighted by atomic mass is 32.2. The lowest BCUT2D eigenvalue weighted by atomic mass is 10.0. The van der Waals surface area contributed by atoms with Crippen molar-refractivity contribution in [2.45, 2.75) is 23.6 Å². The molecule has 0 spiro atoms. The minimum Gasteiger partial charge on any atom is -0.494 e. The molecule has 0 saturated carbocycles. The van der Waals surface area contributed by atoms with Crippen molar-refractivity contribution in [3.8, 4) is 17.6 Å². The minimum atomic E-state index is -4.50. The van der Waals surface area contributed by atoms with Crippen LogP contribution in [0, 0.1) is 18.3 Å². The Hall–Kier alpha value is -4.88. The lowest BCUT2D eigenvalue weighted by Gasteiger charge is -2.14. The maximum atomic E-state index is 13.0. The van der Waals surface area contributed by atoms with E-state index in [0.29, 0.717) is 5.71 Å². The molecule has 13 nitrogen and oxygen atoms in total. The van der Waals surface area contributed by atoms with Gasteiger partial charge in [-0.2, -0.15) is 32.2 Å². The van der Waals surface area contributed by atoms with Gasteiger partial charge in [-0.3, -0.25) is 18.7 Å². The normalized spacial score (nSPS) is 15.0. The van der Waals surface area contributed by atoms with E-state index in [-0.39, 0.29) is 38.5 Å². The van der Waals surface area contributed by atoms with Gasteiger partial charge in [0.25, 0.3) is 31.7 Å².